The van der Waals surface area contributed by atoms with Crippen molar-refractivity contribution in [2.45, 2.75) is 38.8 Å². The molecule has 0 saturated heterocycles. The van der Waals surface area contributed by atoms with E-state index in [4.69, 9.17) is 15.2 Å². The Morgan fingerprint density at radius 3 is 2.95 bits per heavy atom. The number of amides is 1. The first-order chi connectivity index (χ1) is 10.5. The van der Waals surface area contributed by atoms with Crippen LogP contribution in [0.3, 0.4) is 0 Å². The minimum Gasteiger partial charge on any atom is -0.493 e. The molecule has 3 N–H and O–H groups in total. The molecule has 1 amide bonds. The number of hydrogen-bond acceptors (Lipinski definition) is 4. The average Bonchev–Trinajstić information content (AvgIpc) is 2.46. The molecule has 2 unspecified atom stereocenters. The van der Waals surface area contributed by atoms with Crippen LogP contribution < -0.4 is 15.8 Å². The third kappa shape index (κ3) is 4.21. The molecule has 0 aromatic heterocycles. The van der Waals surface area contributed by atoms with Gasteiger partial charge in [-0.05, 0) is 23.6 Å². The highest BCUT2D eigenvalue weighted by Gasteiger charge is 2.24. The summed E-state index contributed by atoms with van der Waals surface area (Å²) in [6, 6.07) is 5.73. The lowest BCUT2D eigenvalue weighted by Gasteiger charge is -2.28. The highest BCUT2D eigenvalue weighted by molar-refractivity contribution is 5.76. The Morgan fingerprint density at radius 2 is 2.27 bits per heavy atom. The summed E-state index contributed by atoms with van der Waals surface area (Å²) < 4.78 is 10.8. The molecule has 2 atom stereocenters. The van der Waals surface area contributed by atoms with Gasteiger partial charge in [0.05, 0.1) is 25.3 Å². The van der Waals surface area contributed by atoms with Crippen LogP contribution >= 0.6 is 0 Å². The van der Waals surface area contributed by atoms with Crippen LogP contribution in [0.4, 0.5) is 0 Å². The van der Waals surface area contributed by atoms with Crippen LogP contribution in [0, 0.1) is 5.92 Å². The normalized spacial score (nSPS) is 18.5. The second kappa shape index (κ2) is 7.61. The van der Waals surface area contributed by atoms with E-state index in [2.05, 4.69) is 5.32 Å². The number of nitrogens with two attached hydrogens (primary N) is 1. The molecule has 1 aliphatic rings. The Hall–Kier alpha value is -1.59. The van der Waals surface area contributed by atoms with Gasteiger partial charge in [0, 0.05) is 25.5 Å². The van der Waals surface area contributed by atoms with Crippen molar-refractivity contribution < 1.29 is 14.3 Å². The summed E-state index contributed by atoms with van der Waals surface area (Å²) in [6.45, 7) is 5.16. The van der Waals surface area contributed by atoms with E-state index in [1.54, 1.807) is 7.11 Å². The van der Waals surface area contributed by atoms with Gasteiger partial charge < -0.3 is 20.5 Å². The highest BCUT2D eigenvalue weighted by atomic mass is 16.5. The molecule has 0 spiro atoms. The van der Waals surface area contributed by atoms with Gasteiger partial charge in [0.2, 0.25) is 5.91 Å². The number of methoxy groups -OCH3 is 1. The molecule has 0 radical (unpaired) electrons. The number of carbonyl (C=O) groups is 1. The van der Waals surface area contributed by atoms with Gasteiger partial charge in [-0.15, -0.1) is 0 Å². The highest BCUT2D eigenvalue weighted by Crippen LogP contribution is 2.34. The third-order valence-corrected chi connectivity index (χ3v) is 3.78. The Bertz CT molecular complexity index is 517. The molecule has 22 heavy (non-hydrogen) atoms. The van der Waals surface area contributed by atoms with Crippen LogP contribution in [-0.4, -0.2) is 26.2 Å². The summed E-state index contributed by atoms with van der Waals surface area (Å²) >= 11 is 0. The van der Waals surface area contributed by atoms with E-state index in [0.29, 0.717) is 25.6 Å². The molecule has 0 fully saturated rings. The quantitative estimate of drug-likeness (QED) is 0.846. The fourth-order valence-electron chi connectivity index (χ4n) is 2.69. The van der Waals surface area contributed by atoms with Gasteiger partial charge >= 0.3 is 0 Å². The van der Waals surface area contributed by atoms with Gasteiger partial charge in [0.15, 0.2) is 0 Å². The summed E-state index contributed by atoms with van der Waals surface area (Å²) in [6.07, 6.45) is 1.31. The zero-order valence-corrected chi connectivity index (χ0v) is 13.6. The van der Waals surface area contributed by atoms with Crippen molar-refractivity contribution >= 4 is 5.91 Å². The van der Waals surface area contributed by atoms with Gasteiger partial charge in [-0.2, -0.15) is 0 Å². The Labute approximate surface area is 132 Å². The Balaban J connectivity index is 2.17. The van der Waals surface area contributed by atoms with Crippen molar-refractivity contribution in [3.05, 3.63) is 29.3 Å². The van der Waals surface area contributed by atoms with Gasteiger partial charge in [-0.3, -0.25) is 4.79 Å². The molecule has 5 heteroatoms. The van der Waals surface area contributed by atoms with Gasteiger partial charge in [-0.1, -0.05) is 19.9 Å². The minimum absolute atomic E-state index is 0.00954. The number of rotatable bonds is 6. The van der Waals surface area contributed by atoms with Gasteiger partial charge in [-0.25, -0.2) is 0 Å². The summed E-state index contributed by atoms with van der Waals surface area (Å²) in [7, 11) is 1.64. The summed E-state index contributed by atoms with van der Waals surface area (Å²) in [5, 5.41) is 3.11. The monoisotopic (exact) mass is 306 g/mol. The molecule has 1 aliphatic heterocycles. The standard InChI is InChI=1S/C17H26N2O3/c1-11(2)8-17(20)19-15-6-7-22-16-5-4-12(9-13(15)16)14(18)10-21-3/h4-5,9,11,14-15H,6-8,10,18H2,1-3H3,(H,19,20). The van der Waals surface area contributed by atoms with E-state index in [1.807, 2.05) is 32.0 Å². The zero-order valence-electron chi connectivity index (χ0n) is 13.6. The fraction of sp³-hybridized carbons (Fsp3) is 0.588. The molecule has 5 nitrogen and oxygen atoms in total. The van der Waals surface area contributed by atoms with Gasteiger partial charge in [0.25, 0.3) is 0 Å². The molecule has 2 rings (SSSR count). The molecule has 0 aliphatic carbocycles. The molecule has 1 heterocycles. The lowest BCUT2D eigenvalue weighted by molar-refractivity contribution is -0.122. The molecular weight excluding hydrogens is 280 g/mol. The van der Waals surface area contributed by atoms with Crippen molar-refractivity contribution in [2.75, 3.05) is 20.3 Å². The number of hydrogen-bond donors (Lipinski definition) is 2. The molecular formula is C17H26N2O3. The number of carbonyl (C=O) groups excluding carboxylic acids is 1. The zero-order chi connectivity index (χ0) is 16.1. The van der Waals surface area contributed by atoms with Crippen LogP contribution in [0.1, 0.15) is 49.9 Å². The SMILES string of the molecule is COCC(N)c1ccc2c(c1)C(NC(=O)CC(C)C)CCO2. The second-order valence-electron chi connectivity index (χ2n) is 6.21. The van der Waals surface area contributed by atoms with Crippen molar-refractivity contribution in [1.29, 1.82) is 0 Å². The smallest absolute Gasteiger partial charge is 0.220 e. The van der Waals surface area contributed by atoms with Crippen LogP contribution in [0.15, 0.2) is 18.2 Å². The molecule has 1 aromatic rings. The number of fused-ring (bicyclic) bond motifs is 1. The first-order valence-electron chi connectivity index (χ1n) is 7.81. The maximum atomic E-state index is 12.1. The molecule has 122 valence electrons. The Kier molecular flexibility index (Phi) is 5.80. The van der Waals surface area contributed by atoms with E-state index in [9.17, 15) is 4.79 Å². The van der Waals surface area contributed by atoms with Crippen LogP contribution in [0.5, 0.6) is 5.75 Å². The summed E-state index contributed by atoms with van der Waals surface area (Å²) in [5.41, 5.74) is 8.10. The molecule has 0 saturated carbocycles. The first kappa shape index (κ1) is 16.8. The number of nitrogens with one attached hydrogen (secondary N) is 1. The number of ether oxygens (including phenoxy) is 2. The average molecular weight is 306 g/mol. The van der Waals surface area contributed by atoms with Crippen molar-refractivity contribution in [1.82, 2.24) is 5.32 Å². The predicted octanol–water partition coefficient (Wildman–Crippen LogP) is 2.32. The Morgan fingerprint density at radius 1 is 1.50 bits per heavy atom. The van der Waals surface area contributed by atoms with Crippen molar-refractivity contribution in [3.8, 4) is 5.75 Å². The van der Waals surface area contributed by atoms with E-state index in [-0.39, 0.29) is 18.0 Å². The van der Waals surface area contributed by atoms with Crippen molar-refractivity contribution in [3.63, 3.8) is 0 Å². The van der Waals surface area contributed by atoms with Gasteiger partial charge in [0.1, 0.15) is 5.75 Å². The minimum atomic E-state index is -0.177. The summed E-state index contributed by atoms with van der Waals surface area (Å²) in [5.74, 6) is 1.26. The molecule has 0 bridgehead atoms. The lowest BCUT2D eigenvalue weighted by atomic mass is 9.95. The van der Waals surface area contributed by atoms with E-state index < -0.39 is 0 Å². The fourth-order valence-corrected chi connectivity index (χ4v) is 2.69. The lowest BCUT2D eigenvalue weighted by Crippen LogP contribution is -2.33. The van der Waals surface area contributed by atoms with E-state index in [0.717, 1.165) is 23.3 Å². The maximum absolute atomic E-state index is 12.1. The number of benzene rings is 1. The first-order valence-corrected chi connectivity index (χ1v) is 7.81. The maximum Gasteiger partial charge on any atom is 0.220 e. The largest absolute Gasteiger partial charge is 0.493 e. The van der Waals surface area contributed by atoms with E-state index >= 15 is 0 Å². The topological polar surface area (TPSA) is 73.6 Å². The van der Waals surface area contributed by atoms with Crippen LogP contribution in [0.2, 0.25) is 0 Å². The summed E-state index contributed by atoms with van der Waals surface area (Å²) in [4.78, 5) is 12.1. The van der Waals surface area contributed by atoms with Crippen LogP contribution in [-0.2, 0) is 9.53 Å². The second-order valence-corrected chi connectivity index (χ2v) is 6.21. The van der Waals surface area contributed by atoms with E-state index in [1.165, 1.54) is 0 Å². The third-order valence-electron chi connectivity index (χ3n) is 3.78. The van der Waals surface area contributed by atoms with Crippen molar-refractivity contribution in [2.24, 2.45) is 11.7 Å². The molecule has 1 aromatic carbocycles. The predicted molar refractivity (Wildman–Crippen MR) is 85.7 cm³/mol. The van der Waals surface area contributed by atoms with Crippen LogP contribution in [0.25, 0.3) is 0 Å².